The van der Waals surface area contributed by atoms with Crippen molar-refractivity contribution in [3.8, 4) is 0 Å². The molecule has 1 heterocycles. The van der Waals surface area contributed by atoms with Gasteiger partial charge in [0.25, 0.3) is 0 Å². The van der Waals surface area contributed by atoms with E-state index in [2.05, 4.69) is 39.0 Å². The van der Waals surface area contributed by atoms with Gasteiger partial charge in [-0.15, -0.1) is 0 Å². The van der Waals surface area contributed by atoms with E-state index >= 15 is 0 Å². The Morgan fingerprint density at radius 3 is 2.46 bits per heavy atom. The number of benzene rings is 1. The smallest absolute Gasteiger partial charge is 0.0675 e. The van der Waals surface area contributed by atoms with Gasteiger partial charge >= 0.3 is 0 Å². The van der Waals surface area contributed by atoms with Crippen LogP contribution in [-0.4, -0.2) is 8.07 Å². The molecule has 0 aromatic heterocycles. The van der Waals surface area contributed by atoms with Crippen LogP contribution in [0.4, 0.5) is 0 Å². The average Bonchev–Trinajstić information content (AvgIpc) is 2.90. The molecule has 0 bridgehead atoms. The van der Waals surface area contributed by atoms with Crippen LogP contribution in [0.3, 0.4) is 0 Å². The SMILES string of the molecule is CC[Si]1(c2cccc(C)c2C)CC1. The molecule has 0 saturated carbocycles. The van der Waals surface area contributed by atoms with Gasteiger partial charge in [0, 0.05) is 0 Å². The number of rotatable bonds is 2. The molecule has 0 amide bonds. The summed E-state index contributed by atoms with van der Waals surface area (Å²) in [7, 11) is -0.879. The van der Waals surface area contributed by atoms with E-state index in [4.69, 9.17) is 0 Å². The van der Waals surface area contributed by atoms with Crippen molar-refractivity contribution in [3.63, 3.8) is 0 Å². The van der Waals surface area contributed by atoms with Crippen molar-refractivity contribution in [2.45, 2.75) is 38.9 Å². The highest BCUT2D eigenvalue weighted by Crippen LogP contribution is 2.39. The molecule has 0 N–H and O–H groups in total. The van der Waals surface area contributed by atoms with E-state index in [1.807, 2.05) is 0 Å². The van der Waals surface area contributed by atoms with Crippen molar-refractivity contribution < 1.29 is 0 Å². The Labute approximate surface area is 82.0 Å². The van der Waals surface area contributed by atoms with E-state index in [1.54, 1.807) is 10.8 Å². The molecule has 1 aromatic carbocycles. The molecule has 0 atom stereocenters. The molecule has 1 aromatic rings. The summed E-state index contributed by atoms with van der Waals surface area (Å²) in [4.78, 5) is 0. The summed E-state index contributed by atoms with van der Waals surface area (Å²) in [6, 6.07) is 11.4. The van der Waals surface area contributed by atoms with Gasteiger partial charge in [-0.05, 0) is 25.0 Å². The minimum Gasteiger partial charge on any atom is -0.0675 e. The lowest BCUT2D eigenvalue weighted by molar-refractivity contribution is 1.34. The molecule has 0 aliphatic carbocycles. The summed E-state index contributed by atoms with van der Waals surface area (Å²) in [5.74, 6) is 0. The first-order valence-corrected chi connectivity index (χ1v) is 7.88. The van der Waals surface area contributed by atoms with Crippen molar-refractivity contribution in [3.05, 3.63) is 29.3 Å². The fourth-order valence-corrected chi connectivity index (χ4v) is 6.57. The van der Waals surface area contributed by atoms with Crippen LogP contribution in [0.25, 0.3) is 0 Å². The van der Waals surface area contributed by atoms with Crippen LogP contribution in [-0.2, 0) is 0 Å². The van der Waals surface area contributed by atoms with Crippen molar-refractivity contribution >= 4 is 13.3 Å². The predicted octanol–water partition coefficient (Wildman–Crippen LogP) is 2.99. The molecule has 0 unspecified atom stereocenters. The van der Waals surface area contributed by atoms with Crippen LogP contribution < -0.4 is 5.19 Å². The second kappa shape index (κ2) is 2.98. The van der Waals surface area contributed by atoms with Gasteiger partial charge in [-0.25, -0.2) is 0 Å². The first-order valence-electron chi connectivity index (χ1n) is 5.26. The predicted molar refractivity (Wildman–Crippen MR) is 61.4 cm³/mol. The molecular weight excluding hydrogens is 172 g/mol. The minimum atomic E-state index is -0.879. The van der Waals surface area contributed by atoms with Gasteiger partial charge < -0.3 is 0 Å². The zero-order valence-corrected chi connectivity index (χ0v) is 9.85. The van der Waals surface area contributed by atoms with Crippen LogP contribution in [0.5, 0.6) is 0 Å². The molecule has 0 spiro atoms. The lowest BCUT2D eigenvalue weighted by Gasteiger charge is -2.15. The van der Waals surface area contributed by atoms with Gasteiger partial charge in [-0.3, -0.25) is 0 Å². The highest BCUT2D eigenvalue weighted by Gasteiger charge is 2.45. The Morgan fingerprint density at radius 1 is 1.23 bits per heavy atom. The third-order valence-electron chi connectivity index (χ3n) is 3.71. The molecule has 0 nitrogen and oxygen atoms in total. The van der Waals surface area contributed by atoms with Crippen LogP contribution in [0.15, 0.2) is 18.2 Å². The average molecular weight is 190 g/mol. The Kier molecular flexibility index (Phi) is 2.07. The highest BCUT2D eigenvalue weighted by molar-refractivity contribution is 7.00. The maximum atomic E-state index is 2.38. The second-order valence-electron chi connectivity index (χ2n) is 4.38. The number of hydrogen-bond donors (Lipinski definition) is 0. The standard InChI is InChI=1S/C12H18Si/c1-4-13(8-9-13)12-7-5-6-10(2)11(12)3/h5-7H,4,8-9H2,1-3H3. The normalized spacial score (nSPS) is 18.7. The summed E-state index contributed by atoms with van der Waals surface area (Å²) in [6.07, 6.45) is 0. The fraction of sp³-hybridized carbons (Fsp3) is 0.500. The van der Waals surface area contributed by atoms with Crippen molar-refractivity contribution in [1.29, 1.82) is 0 Å². The van der Waals surface area contributed by atoms with Gasteiger partial charge in [0.1, 0.15) is 0 Å². The Balaban J connectivity index is 2.46. The first-order chi connectivity index (χ1) is 6.19. The topological polar surface area (TPSA) is 0 Å². The zero-order valence-electron chi connectivity index (χ0n) is 8.85. The fourth-order valence-electron chi connectivity index (χ4n) is 2.29. The maximum absolute atomic E-state index is 2.38. The first kappa shape index (κ1) is 9.01. The van der Waals surface area contributed by atoms with Crippen LogP contribution in [0, 0.1) is 13.8 Å². The summed E-state index contributed by atoms with van der Waals surface area (Å²) in [6.45, 7) is 6.91. The van der Waals surface area contributed by atoms with E-state index in [1.165, 1.54) is 23.7 Å². The van der Waals surface area contributed by atoms with E-state index in [9.17, 15) is 0 Å². The summed E-state index contributed by atoms with van der Waals surface area (Å²) < 4.78 is 0. The molecule has 13 heavy (non-hydrogen) atoms. The van der Waals surface area contributed by atoms with Gasteiger partial charge in [0.05, 0.1) is 8.07 Å². The molecule has 1 saturated heterocycles. The summed E-state index contributed by atoms with van der Waals surface area (Å²) >= 11 is 0. The van der Waals surface area contributed by atoms with Gasteiger partial charge in [0.2, 0.25) is 0 Å². The maximum Gasteiger partial charge on any atom is 0.0862 e. The highest BCUT2D eigenvalue weighted by atomic mass is 28.3. The van der Waals surface area contributed by atoms with Gasteiger partial charge in [-0.2, -0.15) is 0 Å². The third-order valence-corrected chi connectivity index (χ3v) is 8.45. The van der Waals surface area contributed by atoms with Crippen molar-refractivity contribution in [2.75, 3.05) is 0 Å². The van der Waals surface area contributed by atoms with Crippen LogP contribution >= 0.6 is 0 Å². The quantitative estimate of drug-likeness (QED) is 0.629. The monoisotopic (exact) mass is 190 g/mol. The molecule has 0 radical (unpaired) electrons. The van der Waals surface area contributed by atoms with Crippen molar-refractivity contribution in [2.24, 2.45) is 0 Å². The van der Waals surface area contributed by atoms with E-state index < -0.39 is 8.07 Å². The number of hydrogen-bond acceptors (Lipinski definition) is 0. The molecule has 1 fully saturated rings. The van der Waals surface area contributed by atoms with Gasteiger partial charge in [-0.1, -0.05) is 48.4 Å². The van der Waals surface area contributed by atoms with E-state index in [0.717, 1.165) is 0 Å². The van der Waals surface area contributed by atoms with Crippen molar-refractivity contribution in [1.82, 2.24) is 0 Å². The molecule has 70 valence electrons. The van der Waals surface area contributed by atoms with Crippen LogP contribution in [0.1, 0.15) is 18.1 Å². The summed E-state index contributed by atoms with van der Waals surface area (Å²) in [5.41, 5.74) is 3.05. The minimum absolute atomic E-state index is 0.879. The van der Waals surface area contributed by atoms with E-state index in [-0.39, 0.29) is 0 Å². The number of aryl methyl sites for hydroxylation is 1. The Bertz CT molecular complexity index is 324. The van der Waals surface area contributed by atoms with Gasteiger partial charge in [0.15, 0.2) is 0 Å². The Hall–Kier alpha value is -0.563. The lowest BCUT2D eigenvalue weighted by atomic mass is 10.1. The van der Waals surface area contributed by atoms with E-state index in [0.29, 0.717) is 0 Å². The lowest BCUT2D eigenvalue weighted by Crippen LogP contribution is -2.34. The molecule has 1 aliphatic heterocycles. The molecule has 1 aliphatic rings. The third kappa shape index (κ3) is 1.35. The molecule has 1 heteroatoms. The largest absolute Gasteiger partial charge is 0.0862 e. The van der Waals surface area contributed by atoms with Crippen LogP contribution in [0.2, 0.25) is 18.1 Å². The second-order valence-corrected chi connectivity index (χ2v) is 9.19. The Morgan fingerprint density at radius 2 is 1.92 bits per heavy atom. The molecule has 2 rings (SSSR count). The molecular formula is C12H18Si. The summed E-state index contributed by atoms with van der Waals surface area (Å²) in [5, 5.41) is 1.75. The zero-order chi connectivity index (χ0) is 9.47.